The highest BCUT2D eigenvalue weighted by atomic mass is 31.2. The van der Waals surface area contributed by atoms with Crippen LogP contribution in [0.4, 0.5) is 0 Å². The molecule has 9 nitrogen and oxygen atoms in total. The monoisotopic (exact) mass is 452 g/mol. The number of phosphoric acid groups is 1. The van der Waals surface area contributed by atoms with Gasteiger partial charge in [0.15, 0.2) is 12.1 Å². The first-order chi connectivity index (χ1) is 14.8. The Morgan fingerprint density at radius 1 is 1.00 bits per heavy atom. The predicted molar refractivity (Wildman–Crippen MR) is 108 cm³/mol. The Hall–Kier alpha value is -1.97. The molecule has 0 bridgehead atoms. The third kappa shape index (κ3) is 5.10. The lowest BCUT2D eigenvalue weighted by atomic mass is 10.1. The molecule has 5 atom stereocenters. The van der Waals surface area contributed by atoms with Crippen molar-refractivity contribution in [3.8, 4) is 11.5 Å². The molecule has 0 aliphatic carbocycles. The normalized spacial score (nSPS) is 28.1. The Balaban J connectivity index is 1.64. The molecule has 2 N–H and O–H groups in total. The Morgan fingerprint density at radius 2 is 1.55 bits per heavy atom. The third-order valence-electron chi connectivity index (χ3n) is 4.76. The van der Waals surface area contributed by atoms with Crippen molar-refractivity contribution in [2.75, 3.05) is 6.61 Å². The standard InChI is InChI=1S/C21H25O9P/c1-21(2)26-19-18(17(16(23)13-22)25-20(19)27-21)30-31(24,28-14-9-5-3-6-10-14)29-15-11-7-4-8-12-15/h3-12,16-20,22-23H,13H2,1-2H3/t16-,17-,18+,19-,20-/m1/s1. The van der Waals surface area contributed by atoms with Crippen molar-refractivity contribution < 1.29 is 42.6 Å². The van der Waals surface area contributed by atoms with E-state index in [-0.39, 0.29) is 11.5 Å². The molecule has 0 saturated carbocycles. The lowest BCUT2D eigenvalue weighted by Crippen LogP contribution is -2.44. The lowest BCUT2D eigenvalue weighted by Gasteiger charge is -2.29. The van der Waals surface area contributed by atoms with Crippen LogP contribution in [0.2, 0.25) is 0 Å². The molecule has 0 aromatic heterocycles. The molecular weight excluding hydrogens is 427 g/mol. The molecule has 0 unspecified atom stereocenters. The van der Waals surface area contributed by atoms with Gasteiger partial charge < -0.3 is 33.5 Å². The number of aliphatic hydroxyl groups is 2. The van der Waals surface area contributed by atoms with Crippen molar-refractivity contribution in [2.24, 2.45) is 0 Å². The van der Waals surface area contributed by atoms with Crippen molar-refractivity contribution >= 4 is 7.82 Å². The number of hydrogen-bond donors (Lipinski definition) is 2. The van der Waals surface area contributed by atoms with Gasteiger partial charge in [-0.25, -0.2) is 4.57 Å². The van der Waals surface area contributed by atoms with Gasteiger partial charge >= 0.3 is 7.82 Å². The summed E-state index contributed by atoms with van der Waals surface area (Å²) in [6, 6.07) is 16.9. The smallest absolute Gasteiger partial charge is 0.395 e. The highest BCUT2D eigenvalue weighted by molar-refractivity contribution is 7.49. The predicted octanol–water partition coefficient (Wildman–Crippen LogP) is 2.87. The van der Waals surface area contributed by atoms with Gasteiger partial charge in [-0.05, 0) is 38.1 Å². The highest BCUT2D eigenvalue weighted by Gasteiger charge is 2.59. The van der Waals surface area contributed by atoms with E-state index in [0.717, 1.165) is 0 Å². The first-order valence-corrected chi connectivity index (χ1v) is 11.3. The van der Waals surface area contributed by atoms with Gasteiger partial charge in [-0.3, -0.25) is 4.52 Å². The number of rotatable bonds is 8. The minimum absolute atomic E-state index is 0.264. The molecule has 2 aliphatic rings. The fourth-order valence-corrected chi connectivity index (χ4v) is 4.89. The summed E-state index contributed by atoms with van der Waals surface area (Å²) in [6.07, 6.45) is -5.22. The van der Waals surface area contributed by atoms with E-state index in [4.69, 9.17) is 27.8 Å². The van der Waals surface area contributed by atoms with Crippen LogP contribution in [0.3, 0.4) is 0 Å². The van der Waals surface area contributed by atoms with Crippen LogP contribution in [0.1, 0.15) is 13.8 Å². The minimum atomic E-state index is -4.30. The highest BCUT2D eigenvalue weighted by Crippen LogP contribution is 2.54. The molecule has 2 aromatic rings. The van der Waals surface area contributed by atoms with Crippen LogP contribution in [0.5, 0.6) is 11.5 Å². The van der Waals surface area contributed by atoms with Crippen LogP contribution < -0.4 is 9.05 Å². The maximum Gasteiger partial charge on any atom is 0.588 e. The number of fused-ring (bicyclic) bond motifs is 1. The third-order valence-corrected chi connectivity index (χ3v) is 6.14. The second-order valence-electron chi connectivity index (χ2n) is 7.65. The zero-order chi connectivity index (χ0) is 22.1. The van der Waals surface area contributed by atoms with E-state index in [1.807, 2.05) is 0 Å². The number of para-hydroxylation sites is 2. The summed E-state index contributed by atoms with van der Waals surface area (Å²) in [7, 11) is -4.30. The summed E-state index contributed by atoms with van der Waals surface area (Å²) in [5.74, 6) is -0.447. The van der Waals surface area contributed by atoms with Gasteiger partial charge in [-0.2, -0.15) is 0 Å². The molecule has 4 rings (SSSR count). The average Bonchev–Trinajstić information content (AvgIpc) is 3.21. The summed E-state index contributed by atoms with van der Waals surface area (Å²) in [4.78, 5) is 0. The molecule has 0 spiro atoms. The molecule has 168 valence electrons. The van der Waals surface area contributed by atoms with E-state index in [1.54, 1.807) is 74.5 Å². The van der Waals surface area contributed by atoms with Gasteiger partial charge in [-0.15, -0.1) is 0 Å². The molecule has 0 radical (unpaired) electrons. The van der Waals surface area contributed by atoms with Crippen molar-refractivity contribution in [1.82, 2.24) is 0 Å². The van der Waals surface area contributed by atoms with Gasteiger partial charge in [0, 0.05) is 0 Å². The quantitative estimate of drug-likeness (QED) is 0.584. The SMILES string of the molecule is CC1(C)O[C@H]2O[C@H]([C@H](O)CO)[C@H](OP(=O)(Oc3ccccc3)Oc3ccccc3)[C@H]2O1. The lowest BCUT2D eigenvalue weighted by molar-refractivity contribution is -0.226. The van der Waals surface area contributed by atoms with E-state index >= 15 is 0 Å². The fourth-order valence-electron chi connectivity index (χ4n) is 3.47. The molecule has 2 heterocycles. The van der Waals surface area contributed by atoms with Gasteiger partial charge in [-0.1, -0.05) is 36.4 Å². The van der Waals surface area contributed by atoms with E-state index < -0.39 is 50.9 Å². The average molecular weight is 452 g/mol. The van der Waals surface area contributed by atoms with Crippen LogP contribution in [0, 0.1) is 0 Å². The molecule has 2 aliphatic heterocycles. The summed E-state index contributed by atoms with van der Waals surface area (Å²) in [5.41, 5.74) is 0. The molecule has 2 saturated heterocycles. The van der Waals surface area contributed by atoms with Crippen molar-refractivity contribution in [1.29, 1.82) is 0 Å². The van der Waals surface area contributed by atoms with Gasteiger partial charge in [0.1, 0.15) is 35.9 Å². The molecule has 2 aromatic carbocycles. The minimum Gasteiger partial charge on any atom is -0.395 e. The zero-order valence-electron chi connectivity index (χ0n) is 17.1. The summed E-state index contributed by atoms with van der Waals surface area (Å²) < 4.78 is 48.2. The Bertz CT molecular complexity index is 862. The molecule has 2 fully saturated rings. The number of aliphatic hydroxyl groups excluding tert-OH is 2. The summed E-state index contributed by atoms with van der Waals surface area (Å²) in [5, 5.41) is 19.7. The fraction of sp³-hybridized carbons (Fsp3) is 0.429. The van der Waals surface area contributed by atoms with Crippen molar-refractivity contribution in [2.45, 2.75) is 50.3 Å². The Morgan fingerprint density at radius 3 is 2.06 bits per heavy atom. The molecule has 10 heteroatoms. The topological polar surface area (TPSA) is 113 Å². The first kappa shape index (κ1) is 22.2. The number of ether oxygens (including phenoxy) is 3. The van der Waals surface area contributed by atoms with Crippen LogP contribution >= 0.6 is 7.82 Å². The summed E-state index contributed by atoms with van der Waals surface area (Å²) in [6.45, 7) is 2.80. The van der Waals surface area contributed by atoms with Crippen LogP contribution in [0.15, 0.2) is 60.7 Å². The number of phosphoric ester groups is 1. The maximum atomic E-state index is 13.8. The zero-order valence-corrected chi connectivity index (χ0v) is 18.0. The number of benzene rings is 2. The number of hydrogen-bond acceptors (Lipinski definition) is 9. The molecule has 31 heavy (non-hydrogen) atoms. The van der Waals surface area contributed by atoms with Crippen molar-refractivity contribution in [3.63, 3.8) is 0 Å². The van der Waals surface area contributed by atoms with Gasteiger partial charge in [0.05, 0.1) is 6.61 Å². The van der Waals surface area contributed by atoms with Crippen LogP contribution in [-0.4, -0.2) is 53.3 Å². The Kier molecular flexibility index (Phi) is 6.37. The molecule has 0 amide bonds. The van der Waals surface area contributed by atoms with E-state index in [2.05, 4.69) is 0 Å². The molecular formula is C21H25O9P. The van der Waals surface area contributed by atoms with Crippen LogP contribution in [0.25, 0.3) is 0 Å². The second kappa shape index (κ2) is 8.88. The van der Waals surface area contributed by atoms with Crippen molar-refractivity contribution in [3.05, 3.63) is 60.7 Å². The maximum absolute atomic E-state index is 13.8. The van der Waals surface area contributed by atoms with E-state index in [9.17, 15) is 14.8 Å². The van der Waals surface area contributed by atoms with E-state index in [0.29, 0.717) is 0 Å². The summed E-state index contributed by atoms with van der Waals surface area (Å²) >= 11 is 0. The van der Waals surface area contributed by atoms with Gasteiger partial charge in [0.25, 0.3) is 0 Å². The largest absolute Gasteiger partial charge is 0.588 e. The first-order valence-electron chi connectivity index (χ1n) is 9.86. The van der Waals surface area contributed by atoms with E-state index in [1.165, 1.54) is 0 Å². The van der Waals surface area contributed by atoms with Gasteiger partial charge in [0.2, 0.25) is 0 Å². The second-order valence-corrected chi connectivity index (χ2v) is 9.12. The Labute approximate surface area is 180 Å². The van der Waals surface area contributed by atoms with Crippen LogP contribution in [-0.2, 0) is 23.3 Å².